The molecule has 5 nitrogen and oxygen atoms in total. The van der Waals surface area contributed by atoms with Crippen molar-refractivity contribution in [1.29, 1.82) is 0 Å². The van der Waals surface area contributed by atoms with Crippen molar-refractivity contribution in [3.8, 4) is 0 Å². The van der Waals surface area contributed by atoms with Crippen molar-refractivity contribution in [3.05, 3.63) is 24.3 Å². The number of sulfonamides is 1. The smallest absolute Gasteiger partial charge is 0.242 e. The Morgan fingerprint density at radius 2 is 2.00 bits per heavy atom. The molecular weight excluding hydrogens is 288 g/mol. The molecular formula is C15H24N2O3S. The maximum absolute atomic E-state index is 12.2. The zero-order chi connectivity index (χ0) is 15.3. The molecule has 1 saturated carbocycles. The Morgan fingerprint density at radius 1 is 1.29 bits per heavy atom. The fourth-order valence-electron chi connectivity index (χ4n) is 2.41. The van der Waals surface area contributed by atoms with Gasteiger partial charge in [0.1, 0.15) is 4.90 Å². The molecule has 1 aliphatic rings. The van der Waals surface area contributed by atoms with Gasteiger partial charge in [-0.25, -0.2) is 13.1 Å². The lowest BCUT2D eigenvalue weighted by Crippen LogP contribution is -2.25. The first-order valence-corrected chi connectivity index (χ1v) is 8.83. The number of rotatable bonds is 9. The third-order valence-corrected chi connectivity index (χ3v) is 5.56. The highest BCUT2D eigenvalue weighted by atomic mass is 32.2. The van der Waals surface area contributed by atoms with Crippen molar-refractivity contribution >= 4 is 15.7 Å². The monoisotopic (exact) mass is 312 g/mol. The second-order valence-electron chi connectivity index (χ2n) is 5.59. The summed E-state index contributed by atoms with van der Waals surface area (Å²) in [5.41, 5.74) is 0.938. The van der Waals surface area contributed by atoms with E-state index in [-0.39, 0.29) is 5.41 Å². The van der Waals surface area contributed by atoms with E-state index in [1.165, 1.54) is 12.8 Å². The average Bonchev–Trinajstić information content (AvgIpc) is 3.24. The Bertz CT molecular complexity index is 568. The number of ether oxygens (including phenoxy) is 1. The summed E-state index contributed by atoms with van der Waals surface area (Å²) in [7, 11) is -1.73. The molecule has 0 spiro atoms. The van der Waals surface area contributed by atoms with E-state index in [1.54, 1.807) is 26.2 Å². The van der Waals surface area contributed by atoms with Gasteiger partial charge in [0.05, 0.1) is 5.69 Å². The minimum atomic E-state index is -3.44. The Hall–Kier alpha value is -1.11. The summed E-state index contributed by atoms with van der Waals surface area (Å²) in [5.74, 6) is 0. The van der Waals surface area contributed by atoms with Crippen LogP contribution < -0.4 is 10.0 Å². The van der Waals surface area contributed by atoms with Crippen LogP contribution >= 0.6 is 0 Å². The fraction of sp³-hybridized carbons (Fsp3) is 0.600. The highest BCUT2D eigenvalue weighted by Gasteiger charge is 2.41. The predicted octanol–water partition coefficient (Wildman–Crippen LogP) is 2.21. The minimum Gasteiger partial charge on any atom is -0.385 e. The Kier molecular flexibility index (Phi) is 5.24. The van der Waals surface area contributed by atoms with E-state index in [2.05, 4.69) is 10.0 Å². The zero-order valence-electron chi connectivity index (χ0n) is 12.7. The van der Waals surface area contributed by atoms with Gasteiger partial charge in [-0.15, -0.1) is 0 Å². The van der Waals surface area contributed by atoms with Gasteiger partial charge in [0.25, 0.3) is 0 Å². The first kappa shape index (κ1) is 16.3. The highest BCUT2D eigenvalue weighted by Crippen LogP contribution is 2.48. The lowest BCUT2D eigenvalue weighted by atomic mass is 10.0. The second kappa shape index (κ2) is 6.77. The van der Waals surface area contributed by atoms with Gasteiger partial charge in [-0.05, 0) is 36.8 Å². The summed E-state index contributed by atoms with van der Waals surface area (Å²) in [4.78, 5) is 0.314. The Balaban J connectivity index is 2.07. The number of anilines is 1. The van der Waals surface area contributed by atoms with Crippen LogP contribution in [-0.4, -0.2) is 35.2 Å². The van der Waals surface area contributed by atoms with Gasteiger partial charge in [-0.3, -0.25) is 0 Å². The van der Waals surface area contributed by atoms with Crippen LogP contribution in [0.25, 0.3) is 0 Å². The van der Waals surface area contributed by atoms with Gasteiger partial charge in [0.2, 0.25) is 10.0 Å². The van der Waals surface area contributed by atoms with E-state index in [0.29, 0.717) is 17.1 Å². The van der Waals surface area contributed by atoms with Gasteiger partial charge in [-0.2, -0.15) is 0 Å². The van der Waals surface area contributed by atoms with E-state index in [0.717, 1.165) is 19.6 Å². The fourth-order valence-corrected chi connectivity index (χ4v) is 3.63. The summed E-state index contributed by atoms with van der Waals surface area (Å²) in [6.07, 6.45) is 3.36. The van der Waals surface area contributed by atoms with Crippen LogP contribution in [0.2, 0.25) is 0 Å². The largest absolute Gasteiger partial charge is 0.385 e. The first-order valence-electron chi connectivity index (χ1n) is 7.34. The molecule has 0 saturated heterocycles. The molecule has 0 radical (unpaired) electrons. The van der Waals surface area contributed by atoms with Crippen LogP contribution in [0.1, 0.15) is 26.2 Å². The number of nitrogens with one attached hydrogen (secondary N) is 2. The molecule has 6 heteroatoms. The summed E-state index contributed by atoms with van der Waals surface area (Å²) in [5, 5.41) is 3.31. The number of hydrogen-bond acceptors (Lipinski definition) is 4. The molecule has 21 heavy (non-hydrogen) atoms. The van der Waals surface area contributed by atoms with Crippen molar-refractivity contribution in [1.82, 2.24) is 4.72 Å². The summed E-state index contributed by atoms with van der Waals surface area (Å²) < 4.78 is 32.1. The molecule has 0 atom stereocenters. The maximum Gasteiger partial charge on any atom is 0.242 e. The number of para-hydroxylation sites is 1. The molecule has 0 aromatic heterocycles. The average molecular weight is 312 g/mol. The molecule has 0 amide bonds. The van der Waals surface area contributed by atoms with Gasteiger partial charge >= 0.3 is 0 Å². The summed E-state index contributed by atoms with van der Waals surface area (Å²) >= 11 is 0. The molecule has 1 fully saturated rings. The molecule has 2 rings (SSSR count). The van der Waals surface area contributed by atoms with E-state index >= 15 is 0 Å². The van der Waals surface area contributed by atoms with Gasteiger partial charge < -0.3 is 10.1 Å². The quantitative estimate of drug-likeness (QED) is 0.733. The number of hydrogen-bond donors (Lipinski definition) is 2. The van der Waals surface area contributed by atoms with Crippen LogP contribution in [0.5, 0.6) is 0 Å². The van der Waals surface area contributed by atoms with E-state index < -0.39 is 10.0 Å². The SMILES string of the molecule is CCNS(=O)(=O)c1ccccc1NCC1(CCOC)CC1. The lowest BCUT2D eigenvalue weighted by molar-refractivity contribution is 0.175. The number of methoxy groups -OCH3 is 1. The highest BCUT2D eigenvalue weighted by molar-refractivity contribution is 7.89. The van der Waals surface area contributed by atoms with Gasteiger partial charge in [0.15, 0.2) is 0 Å². The molecule has 1 aromatic rings. The van der Waals surface area contributed by atoms with E-state index in [1.807, 2.05) is 12.1 Å². The molecule has 2 N–H and O–H groups in total. The van der Waals surface area contributed by atoms with Crippen molar-refractivity contribution in [2.75, 3.05) is 32.1 Å². The van der Waals surface area contributed by atoms with Crippen molar-refractivity contribution < 1.29 is 13.2 Å². The van der Waals surface area contributed by atoms with Crippen molar-refractivity contribution in [3.63, 3.8) is 0 Å². The molecule has 0 aliphatic heterocycles. The zero-order valence-corrected chi connectivity index (χ0v) is 13.5. The Morgan fingerprint density at radius 3 is 2.62 bits per heavy atom. The van der Waals surface area contributed by atoms with E-state index in [4.69, 9.17) is 4.74 Å². The number of benzene rings is 1. The molecule has 0 heterocycles. The maximum atomic E-state index is 12.2. The van der Waals surface area contributed by atoms with Crippen molar-refractivity contribution in [2.45, 2.75) is 31.1 Å². The predicted molar refractivity (Wildman–Crippen MR) is 84.0 cm³/mol. The Labute approximate surface area is 127 Å². The molecule has 0 bridgehead atoms. The standard InChI is InChI=1S/C15H24N2O3S/c1-3-17-21(18,19)14-7-5-4-6-13(14)16-12-15(8-9-15)10-11-20-2/h4-7,16-17H,3,8-12H2,1-2H3. The van der Waals surface area contributed by atoms with Crippen LogP contribution in [0.4, 0.5) is 5.69 Å². The van der Waals surface area contributed by atoms with E-state index in [9.17, 15) is 8.42 Å². The van der Waals surface area contributed by atoms with Gasteiger partial charge in [-0.1, -0.05) is 19.1 Å². The molecule has 0 unspecified atom stereocenters. The lowest BCUT2D eigenvalue weighted by Gasteiger charge is -2.18. The third kappa shape index (κ3) is 4.18. The second-order valence-corrected chi connectivity index (χ2v) is 7.33. The minimum absolute atomic E-state index is 0.269. The van der Waals surface area contributed by atoms with Crippen molar-refractivity contribution in [2.24, 2.45) is 5.41 Å². The van der Waals surface area contributed by atoms with Crippen LogP contribution in [0, 0.1) is 5.41 Å². The van der Waals surface area contributed by atoms with Crippen LogP contribution in [0.3, 0.4) is 0 Å². The third-order valence-electron chi connectivity index (χ3n) is 3.96. The molecule has 1 aliphatic carbocycles. The van der Waals surface area contributed by atoms with Gasteiger partial charge in [0, 0.05) is 26.8 Å². The molecule has 118 valence electrons. The topological polar surface area (TPSA) is 67.4 Å². The summed E-state index contributed by atoms with van der Waals surface area (Å²) in [6.45, 7) is 3.69. The van der Waals surface area contributed by atoms with Crippen LogP contribution in [0.15, 0.2) is 29.2 Å². The summed E-state index contributed by atoms with van der Waals surface area (Å²) in [6, 6.07) is 7.04. The van der Waals surface area contributed by atoms with Crippen LogP contribution in [-0.2, 0) is 14.8 Å². The molecule has 1 aromatic carbocycles. The normalized spacial score (nSPS) is 16.7. The first-order chi connectivity index (χ1) is 10.0.